The number of piperidine rings is 1. The molecule has 1 saturated heterocycles. The SMILES string of the molecule is Cc1ncc(-c2nccnc2[C@H]2CCCN(C(=O)c3cccc(F)c3)C2)n1C. The summed E-state index contributed by atoms with van der Waals surface area (Å²) in [6, 6.07) is 5.85. The molecule has 1 atom stereocenters. The third-order valence-corrected chi connectivity index (χ3v) is 5.36. The maximum atomic E-state index is 13.5. The van der Waals surface area contributed by atoms with Gasteiger partial charge in [0.25, 0.3) is 5.91 Å². The zero-order chi connectivity index (χ0) is 19.7. The molecular weight excluding hydrogens is 357 g/mol. The van der Waals surface area contributed by atoms with Crippen molar-refractivity contribution in [2.24, 2.45) is 7.05 Å². The van der Waals surface area contributed by atoms with Crippen LogP contribution in [-0.2, 0) is 7.05 Å². The molecule has 0 N–H and O–H groups in total. The molecule has 2 aromatic heterocycles. The molecule has 1 aliphatic heterocycles. The van der Waals surface area contributed by atoms with Gasteiger partial charge in [-0.05, 0) is 38.0 Å². The van der Waals surface area contributed by atoms with E-state index in [0.29, 0.717) is 18.7 Å². The van der Waals surface area contributed by atoms with Gasteiger partial charge in [0, 0.05) is 44.0 Å². The molecule has 1 aromatic carbocycles. The van der Waals surface area contributed by atoms with Crippen molar-refractivity contribution in [3.8, 4) is 11.4 Å². The summed E-state index contributed by atoms with van der Waals surface area (Å²) in [4.78, 5) is 28.2. The van der Waals surface area contributed by atoms with Crippen LogP contribution in [0.15, 0.2) is 42.9 Å². The highest BCUT2D eigenvalue weighted by Gasteiger charge is 2.29. The summed E-state index contributed by atoms with van der Waals surface area (Å²) in [6.07, 6.45) is 6.97. The van der Waals surface area contributed by atoms with Crippen LogP contribution >= 0.6 is 0 Å². The van der Waals surface area contributed by atoms with Crippen molar-refractivity contribution in [3.63, 3.8) is 0 Å². The van der Waals surface area contributed by atoms with Crippen LogP contribution in [-0.4, -0.2) is 43.4 Å². The topological polar surface area (TPSA) is 63.9 Å². The van der Waals surface area contributed by atoms with E-state index in [4.69, 9.17) is 0 Å². The van der Waals surface area contributed by atoms with Gasteiger partial charge in [-0.15, -0.1) is 0 Å². The minimum Gasteiger partial charge on any atom is -0.338 e. The molecule has 1 amide bonds. The smallest absolute Gasteiger partial charge is 0.253 e. The predicted octanol–water partition coefficient (Wildman–Crippen LogP) is 3.34. The minimum absolute atomic E-state index is 0.0742. The Balaban J connectivity index is 1.62. The summed E-state index contributed by atoms with van der Waals surface area (Å²) >= 11 is 0. The zero-order valence-corrected chi connectivity index (χ0v) is 16.0. The average Bonchev–Trinajstić information content (AvgIpc) is 3.06. The van der Waals surface area contributed by atoms with Gasteiger partial charge >= 0.3 is 0 Å². The number of likely N-dealkylation sites (tertiary alicyclic amines) is 1. The average molecular weight is 379 g/mol. The number of nitrogens with zero attached hydrogens (tertiary/aromatic N) is 5. The van der Waals surface area contributed by atoms with Gasteiger partial charge < -0.3 is 9.47 Å². The second-order valence-electron chi connectivity index (χ2n) is 7.14. The minimum atomic E-state index is -0.401. The first-order valence-corrected chi connectivity index (χ1v) is 9.39. The number of hydrogen-bond acceptors (Lipinski definition) is 4. The molecule has 0 bridgehead atoms. The molecule has 1 aliphatic rings. The number of amides is 1. The second kappa shape index (κ2) is 7.50. The van der Waals surface area contributed by atoms with Crippen LogP contribution in [0.2, 0.25) is 0 Å². The maximum Gasteiger partial charge on any atom is 0.253 e. The molecular formula is C21H22FN5O. The van der Waals surface area contributed by atoms with Crippen molar-refractivity contribution in [1.82, 2.24) is 24.4 Å². The summed E-state index contributed by atoms with van der Waals surface area (Å²) in [5.41, 5.74) is 2.97. The van der Waals surface area contributed by atoms with E-state index in [9.17, 15) is 9.18 Å². The summed E-state index contributed by atoms with van der Waals surface area (Å²) in [5, 5.41) is 0. The van der Waals surface area contributed by atoms with Gasteiger partial charge in [-0.2, -0.15) is 0 Å². The lowest BCUT2D eigenvalue weighted by atomic mass is 9.92. The van der Waals surface area contributed by atoms with E-state index in [0.717, 1.165) is 35.7 Å². The lowest BCUT2D eigenvalue weighted by Crippen LogP contribution is -2.39. The highest BCUT2D eigenvalue weighted by Crippen LogP contribution is 2.32. The van der Waals surface area contributed by atoms with Crippen LogP contribution in [0, 0.1) is 12.7 Å². The summed E-state index contributed by atoms with van der Waals surface area (Å²) in [7, 11) is 1.96. The highest BCUT2D eigenvalue weighted by atomic mass is 19.1. The Morgan fingerprint density at radius 2 is 2.04 bits per heavy atom. The Morgan fingerprint density at radius 3 is 2.79 bits per heavy atom. The fourth-order valence-electron chi connectivity index (χ4n) is 3.76. The highest BCUT2D eigenvalue weighted by molar-refractivity contribution is 5.94. The van der Waals surface area contributed by atoms with Crippen LogP contribution < -0.4 is 0 Å². The van der Waals surface area contributed by atoms with E-state index < -0.39 is 5.82 Å². The number of carbonyl (C=O) groups is 1. The normalized spacial score (nSPS) is 17.0. The lowest BCUT2D eigenvalue weighted by molar-refractivity contribution is 0.0705. The van der Waals surface area contributed by atoms with Crippen LogP contribution in [0.3, 0.4) is 0 Å². The van der Waals surface area contributed by atoms with Gasteiger partial charge in [-0.3, -0.25) is 14.8 Å². The fourth-order valence-corrected chi connectivity index (χ4v) is 3.76. The zero-order valence-electron chi connectivity index (χ0n) is 16.0. The van der Waals surface area contributed by atoms with Gasteiger partial charge in [-0.1, -0.05) is 6.07 Å². The number of carbonyl (C=O) groups excluding carboxylic acids is 1. The predicted molar refractivity (Wildman–Crippen MR) is 103 cm³/mol. The Kier molecular flexibility index (Phi) is 4.90. The number of aromatic nitrogens is 4. The number of rotatable bonds is 3. The molecule has 1 fully saturated rings. The van der Waals surface area contributed by atoms with Crippen LogP contribution in [0.4, 0.5) is 4.39 Å². The Hall–Kier alpha value is -3.09. The second-order valence-corrected chi connectivity index (χ2v) is 7.14. The van der Waals surface area contributed by atoms with Gasteiger partial charge in [-0.25, -0.2) is 9.37 Å². The summed E-state index contributed by atoms with van der Waals surface area (Å²) in [5.74, 6) is 0.427. The number of hydrogen-bond donors (Lipinski definition) is 0. The van der Waals surface area contributed by atoms with Gasteiger partial charge in [0.1, 0.15) is 17.3 Å². The fraction of sp³-hybridized carbons (Fsp3) is 0.333. The van der Waals surface area contributed by atoms with Crippen molar-refractivity contribution in [2.75, 3.05) is 13.1 Å². The van der Waals surface area contributed by atoms with Crippen molar-refractivity contribution in [3.05, 3.63) is 65.8 Å². The van der Waals surface area contributed by atoms with Crippen molar-refractivity contribution < 1.29 is 9.18 Å². The van der Waals surface area contributed by atoms with E-state index >= 15 is 0 Å². The van der Waals surface area contributed by atoms with Crippen molar-refractivity contribution in [2.45, 2.75) is 25.7 Å². The van der Waals surface area contributed by atoms with Crippen LogP contribution in [0.25, 0.3) is 11.4 Å². The summed E-state index contributed by atoms with van der Waals surface area (Å²) < 4.78 is 15.5. The molecule has 0 aliphatic carbocycles. The van der Waals surface area contributed by atoms with E-state index in [1.54, 1.807) is 35.6 Å². The molecule has 6 nitrogen and oxygen atoms in total. The van der Waals surface area contributed by atoms with Crippen LogP contribution in [0.5, 0.6) is 0 Å². The molecule has 0 unspecified atom stereocenters. The van der Waals surface area contributed by atoms with Crippen LogP contribution in [0.1, 0.15) is 40.6 Å². The maximum absolute atomic E-state index is 13.5. The van der Waals surface area contributed by atoms with E-state index in [2.05, 4.69) is 15.0 Å². The molecule has 4 rings (SSSR count). The quantitative estimate of drug-likeness (QED) is 0.700. The molecule has 28 heavy (non-hydrogen) atoms. The number of benzene rings is 1. The Morgan fingerprint density at radius 1 is 1.21 bits per heavy atom. The molecule has 3 heterocycles. The first-order chi connectivity index (χ1) is 13.5. The van der Waals surface area contributed by atoms with Crippen molar-refractivity contribution in [1.29, 1.82) is 0 Å². The number of halogens is 1. The van der Waals surface area contributed by atoms with Gasteiger partial charge in [0.05, 0.1) is 17.6 Å². The lowest BCUT2D eigenvalue weighted by Gasteiger charge is -2.33. The first-order valence-electron chi connectivity index (χ1n) is 9.39. The number of aryl methyl sites for hydroxylation is 1. The van der Waals surface area contributed by atoms with E-state index in [1.165, 1.54) is 12.1 Å². The largest absolute Gasteiger partial charge is 0.338 e. The Labute approximate surface area is 163 Å². The molecule has 0 spiro atoms. The third-order valence-electron chi connectivity index (χ3n) is 5.36. The molecule has 0 saturated carbocycles. The first kappa shape index (κ1) is 18.3. The third kappa shape index (κ3) is 3.40. The van der Waals surface area contributed by atoms with E-state index in [-0.39, 0.29) is 11.8 Å². The van der Waals surface area contributed by atoms with Gasteiger partial charge in [0.2, 0.25) is 0 Å². The Bertz CT molecular complexity index is 1020. The van der Waals surface area contributed by atoms with Crippen molar-refractivity contribution >= 4 is 5.91 Å². The molecule has 3 aromatic rings. The van der Waals surface area contributed by atoms with E-state index in [1.807, 2.05) is 18.5 Å². The van der Waals surface area contributed by atoms with Gasteiger partial charge in [0.15, 0.2) is 0 Å². The monoisotopic (exact) mass is 379 g/mol. The summed E-state index contributed by atoms with van der Waals surface area (Å²) in [6.45, 7) is 3.14. The standard InChI is InChI=1S/C21H22FN5O/c1-14-25-12-18(26(14)2)20-19(23-8-9-24-20)16-6-4-10-27(13-16)21(28)15-5-3-7-17(22)11-15/h3,5,7-9,11-12,16H,4,6,10,13H2,1-2H3/t16-/m0/s1. The number of imidazole rings is 1. The molecule has 0 radical (unpaired) electrons. The molecule has 7 heteroatoms. The molecule has 144 valence electrons.